The van der Waals surface area contributed by atoms with Crippen LogP contribution in [-0.4, -0.2) is 11.0 Å². The van der Waals surface area contributed by atoms with Crippen molar-refractivity contribution in [2.24, 2.45) is 0 Å². The second-order valence-corrected chi connectivity index (χ2v) is 3.72. The number of rotatable bonds is 2. The molecule has 1 aromatic rings. The topological polar surface area (TPSA) is 24.9 Å². The first-order valence-electron chi connectivity index (χ1n) is 4.30. The minimum Gasteiger partial charge on any atom is -0.367 e. The number of nitrogens with zero attached hydrogens (tertiary/aromatic N) is 1. The molecule has 0 aliphatic carbocycles. The van der Waals surface area contributed by atoms with Crippen molar-refractivity contribution in [2.75, 3.05) is 5.32 Å². The van der Waals surface area contributed by atoms with Crippen LogP contribution in [0.2, 0.25) is 5.02 Å². The Kier molecular flexibility index (Phi) is 3.44. The summed E-state index contributed by atoms with van der Waals surface area (Å²) in [6, 6.07) is 0.979. The fourth-order valence-corrected chi connectivity index (χ4v) is 1.34. The van der Waals surface area contributed by atoms with E-state index in [9.17, 15) is 13.2 Å². The number of aromatic nitrogens is 1. The molecule has 0 unspecified atom stereocenters. The van der Waals surface area contributed by atoms with Crippen molar-refractivity contribution in [2.45, 2.75) is 26.1 Å². The lowest BCUT2D eigenvalue weighted by Gasteiger charge is -2.16. The second kappa shape index (κ2) is 4.26. The fraction of sp³-hybridized carbons (Fsp3) is 0.444. The highest BCUT2D eigenvalue weighted by Gasteiger charge is 2.37. The summed E-state index contributed by atoms with van der Waals surface area (Å²) in [7, 11) is 0. The predicted octanol–water partition coefficient (Wildman–Crippen LogP) is 3.57. The van der Waals surface area contributed by atoms with Crippen LogP contribution in [0.4, 0.5) is 19.0 Å². The third kappa shape index (κ3) is 2.99. The van der Waals surface area contributed by atoms with Gasteiger partial charge in [0.2, 0.25) is 0 Å². The summed E-state index contributed by atoms with van der Waals surface area (Å²) in [5.41, 5.74) is -0.916. The molecule has 6 heteroatoms. The summed E-state index contributed by atoms with van der Waals surface area (Å²) >= 11 is 5.50. The van der Waals surface area contributed by atoms with Gasteiger partial charge in [0.05, 0.1) is 5.02 Å². The van der Waals surface area contributed by atoms with E-state index in [-0.39, 0.29) is 16.9 Å². The number of hydrogen-bond donors (Lipinski definition) is 1. The molecule has 84 valence electrons. The van der Waals surface area contributed by atoms with Gasteiger partial charge in [-0.3, -0.25) is 0 Å². The van der Waals surface area contributed by atoms with E-state index in [1.165, 1.54) is 6.20 Å². The van der Waals surface area contributed by atoms with Crippen LogP contribution in [0.5, 0.6) is 0 Å². The van der Waals surface area contributed by atoms with Gasteiger partial charge in [-0.15, -0.1) is 0 Å². The van der Waals surface area contributed by atoms with Crippen molar-refractivity contribution in [3.05, 3.63) is 22.8 Å². The van der Waals surface area contributed by atoms with E-state index in [1.54, 1.807) is 13.8 Å². The average molecular weight is 239 g/mol. The molecular weight excluding hydrogens is 229 g/mol. The van der Waals surface area contributed by atoms with Gasteiger partial charge in [-0.2, -0.15) is 13.2 Å². The maximum absolute atomic E-state index is 12.6. The molecule has 0 spiro atoms. The smallest absolute Gasteiger partial charge is 0.367 e. The molecule has 0 fully saturated rings. The van der Waals surface area contributed by atoms with Gasteiger partial charge in [-0.05, 0) is 19.9 Å². The van der Waals surface area contributed by atoms with E-state index in [0.29, 0.717) is 0 Å². The summed E-state index contributed by atoms with van der Waals surface area (Å²) in [5, 5.41) is 2.26. The molecular formula is C9H10ClF3N2. The second-order valence-electron chi connectivity index (χ2n) is 3.31. The number of hydrogen-bond acceptors (Lipinski definition) is 2. The largest absolute Gasteiger partial charge is 0.421 e. The molecule has 0 aromatic carbocycles. The summed E-state index contributed by atoms with van der Waals surface area (Å²) in [4.78, 5) is 3.63. The monoisotopic (exact) mass is 238 g/mol. The number of alkyl halides is 3. The summed E-state index contributed by atoms with van der Waals surface area (Å²) in [6.45, 7) is 3.45. The van der Waals surface area contributed by atoms with Gasteiger partial charge < -0.3 is 5.32 Å². The maximum Gasteiger partial charge on any atom is 0.421 e. The zero-order chi connectivity index (χ0) is 11.6. The highest BCUT2D eigenvalue weighted by molar-refractivity contribution is 6.31. The van der Waals surface area contributed by atoms with Crippen molar-refractivity contribution < 1.29 is 13.2 Å². The van der Waals surface area contributed by atoms with E-state index >= 15 is 0 Å². The van der Waals surface area contributed by atoms with Crippen LogP contribution in [0.15, 0.2) is 12.3 Å². The standard InChI is InChI=1S/C9H10ClF3N2/c1-5(2)15-8-7(9(11,12)13)6(10)3-4-14-8/h3-5H,1-2H3,(H,14,15). The minimum atomic E-state index is -4.50. The Hall–Kier alpha value is -0.970. The van der Waals surface area contributed by atoms with Crippen molar-refractivity contribution in [3.63, 3.8) is 0 Å². The number of nitrogens with one attached hydrogen (secondary N) is 1. The van der Waals surface area contributed by atoms with Gasteiger partial charge in [0.1, 0.15) is 11.4 Å². The molecule has 0 bridgehead atoms. The van der Waals surface area contributed by atoms with Crippen LogP contribution in [-0.2, 0) is 6.18 Å². The van der Waals surface area contributed by atoms with E-state index in [1.807, 2.05) is 0 Å². The van der Waals surface area contributed by atoms with Crippen molar-refractivity contribution >= 4 is 17.4 Å². The third-order valence-electron chi connectivity index (χ3n) is 1.61. The lowest BCUT2D eigenvalue weighted by Crippen LogP contribution is -2.17. The Labute approximate surface area is 90.5 Å². The summed E-state index contributed by atoms with van der Waals surface area (Å²) in [6.07, 6.45) is -3.26. The first kappa shape index (κ1) is 12.1. The zero-order valence-corrected chi connectivity index (χ0v) is 8.95. The average Bonchev–Trinajstić information content (AvgIpc) is 1.99. The SMILES string of the molecule is CC(C)Nc1nccc(Cl)c1C(F)(F)F. The van der Waals surface area contributed by atoms with Crippen LogP contribution >= 0.6 is 11.6 Å². The lowest BCUT2D eigenvalue weighted by molar-refractivity contribution is -0.137. The molecule has 1 N–H and O–H groups in total. The summed E-state index contributed by atoms with van der Waals surface area (Å²) < 4.78 is 37.8. The molecule has 0 saturated carbocycles. The molecule has 0 saturated heterocycles. The molecule has 0 radical (unpaired) electrons. The van der Waals surface area contributed by atoms with Crippen molar-refractivity contribution in [3.8, 4) is 0 Å². The van der Waals surface area contributed by atoms with Crippen molar-refractivity contribution in [1.82, 2.24) is 4.98 Å². The van der Waals surface area contributed by atoms with Gasteiger partial charge in [-0.1, -0.05) is 11.6 Å². The van der Waals surface area contributed by atoms with Gasteiger partial charge >= 0.3 is 6.18 Å². The normalized spacial score (nSPS) is 11.9. The van der Waals surface area contributed by atoms with E-state index < -0.39 is 11.7 Å². The van der Waals surface area contributed by atoms with E-state index in [4.69, 9.17) is 11.6 Å². The van der Waals surface area contributed by atoms with Crippen LogP contribution in [0, 0.1) is 0 Å². The molecule has 0 aliphatic heterocycles. The fourth-order valence-electron chi connectivity index (χ4n) is 1.09. The summed E-state index contributed by atoms with van der Waals surface area (Å²) in [5.74, 6) is -0.231. The van der Waals surface area contributed by atoms with Gasteiger partial charge in [0, 0.05) is 12.2 Å². The first-order valence-corrected chi connectivity index (χ1v) is 4.68. The van der Waals surface area contributed by atoms with E-state index in [0.717, 1.165) is 6.07 Å². The Morgan fingerprint density at radius 3 is 2.47 bits per heavy atom. The third-order valence-corrected chi connectivity index (χ3v) is 1.92. The number of pyridine rings is 1. The number of anilines is 1. The molecule has 1 rings (SSSR count). The molecule has 15 heavy (non-hydrogen) atoms. The van der Waals surface area contributed by atoms with E-state index in [2.05, 4.69) is 10.3 Å². The molecule has 2 nitrogen and oxygen atoms in total. The highest BCUT2D eigenvalue weighted by Crippen LogP contribution is 2.38. The minimum absolute atomic E-state index is 0.142. The first-order chi connectivity index (χ1) is 6.82. The predicted molar refractivity (Wildman–Crippen MR) is 53.0 cm³/mol. The Morgan fingerprint density at radius 2 is 2.00 bits per heavy atom. The number of halogens is 4. The van der Waals surface area contributed by atoms with Gasteiger partial charge in [0.15, 0.2) is 0 Å². The highest BCUT2D eigenvalue weighted by atomic mass is 35.5. The molecule has 0 aliphatic rings. The quantitative estimate of drug-likeness (QED) is 0.852. The Bertz CT molecular complexity index is 350. The van der Waals surface area contributed by atoms with Crippen LogP contribution in [0.1, 0.15) is 19.4 Å². The molecule has 0 atom stereocenters. The molecule has 1 heterocycles. The lowest BCUT2D eigenvalue weighted by atomic mass is 10.2. The molecule has 1 aromatic heterocycles. The zero-order valence-electron chi connectivity index (χ0n) is 8.19. The van der Waals surface area contributed by atoms with Crippen LogP contribution in [0.25, 0.3) is 0 Å². The van der Waals surface area contributed by atoms with Crippen LogP contribution in [0.3, 0.4) is 0 Å². The molecule has 0 amide bonds. The van der Waals surface area contributed by atoms with Gasteiger partial charge in [0.25, 0.3) is 0 Å². The van der Waals surface area contributed by atoms with Crippen molar-refractivity contribution in [1.29, 1.82) is 0 Å². The maximum atomic E-state index is 12.6. The Balaban J connectivity index is 3.21. The van der Waals surface area contributed by atoms with Crippen LogP contribution < -0.4 is 5.32 Å². The van der Waals surface area contributed by atoms with Gasteiger partial charge in [-0.25, -0.2) is 4.98 Å². The Morgan fingerprint density at radius 1 is 1.40 bits per heavy atom.